The van der Waals surface area contributed by atoms with Crippen molar-refractivity contribution >= 4 is 41.2 Å². The number of carbonyl (C=O) groups is 4. The number of aliphatic carboxylic acids is 1. The SMILES string of the molecule is CCOC(=O)c1cccc(NC(=O)[C@@H]2C[C@H](SC3=C(C(=O)[O-])N4C(=O)[C@H]([C@@H](C)O)[C@H]4[C@H]3C)CN2)c1.[Na+]. The normalized spacial score (nSPS) is 27.6. The Bertz CT molecular complexity index is 1100. The van der Waals surface area contributed by atoms with Gasteiger partial charge in [-0.05, 0) is 38.5 Å². The zero-order valence-electron chi connectivity index (χ0n) is 20.6. The van der Waals surface area contributed by atoms with Gasteiger partial charge in [0.05, 0.1) is 47.9 Å². The van der Waals surface area contributed by atoms with Crippen LogP contribution in [0.15, 0.2) is 34.9 Å². The van der Waals surface area contributed by atoms with Gasteiger partial charge in [-0.2, -0.15) is 0 Å². The number of aliphatic hydroxyl groups excluding tert-OH is 1. The largest absolute Gasteiger partial charge is 1.00 e. The maximum atomic E-state index is 12.8. The van der Waals surface area contributed by atoms with Crippen LogP contribution in [0.2, 0.25) is 0 Å². The van der Waals surface area contributed by atoms with Crippen LogP contribution in [0, 0.1) is 11.8 Å². The Morgan fingerprint density at radius 1 is 1.36 bits per heavy atom. The van der Waals surface area contributed by atoms with Gasteiger partial charge in [-0.1, -0.05) is 13.0 Å². The molecule has 36 heavy (non-hydrogen) atoms. The summed E-state index contributed by atoms with van der Waals surface area (Å²) in [7, 11) is 0. The number of hydrogen-bond acceptors (Lipinski definition) is 9. The van der Waals surface area contributed by atoms with E-state index < -0.39 is 42.0 Å². The first-order chi connectivity index (χ1) is 16.6. The van der Waals surface area contributed by atoms with Crippen molar-refractivity contribution in [2.45, 2.75) is 50.6 Å². The van der Waals surface area contributed by atoms with Crippen LogP contribution >= 0.6 is 11.8 Å². The van der Waals surface area contributed by atoms with Crippen LogP contribution in [-0.4, -0.2) is 70.3 Å². The van der Waals surface area contributed by atoms with Crippen molar-refractivity contribution in [2.24, 2.45) is 11.8 Å². The minimum absolute atomic E-state index is 0. The summed E-state index contributed by atoms with van der Waals surface area (Å²) >= 11 is 1.34. The molecule has 188 valence electrons. The van der Waals surface area contributed by atoms with Crippen LogP contribution < -0.4 is 45.3 Å². The van der Waals surface area contributed by atoms with E-state index in [2.05, 4.69) is 10.6 Å². The first-order valence-corrected chi connectivity index (χ1v) is 12.5. The molecular formula is C24H28N3NaO7S. The fraction of sp³-hybridized carbons (Fsp3) is 0.500. The molecule has 10 nitrogen and oxygen atoms in total. The summed E-state index contributed by atoms with van der Waals surface area (Å²) in [5.41, 5.74) is 0.680. The second-order valence-corrected chi connectivity index (χ2v) is 10.3. The number of carboxylic acid groups (broad SMARTS) is 1. The van der Waals surface area contributed by atoms with Crippen molar-refractivity contribution in [3.63, 3.8) is 0 Å². The molecule has 0 bridgehead atoms. The Kier molecular flexibility index (Phi) is 9.29. The average Bonchev–Trinajstić information content (AvgIpc) is 3.36. The fourth-order valence-electron chi connectivity index (χ4n) is 5.01. The molecule has 2 saturated heterocycles. The van der Waals surface area contributed by atoms with E-state index in [1.54, 1.807) is 31.2 Å². The van der Waals surface area contributed by atoms with Crippen molar-refractivity contribution in [3.05, 3.63) is 40.4 Å². The second kappa shape index (κ2) is 11.7. The summed E-state index contributed by atoms with van der Waals surface area (Å²) in [6.07, 6.45) is -0.426. The number of rotatable bonds is 8. The third kappa shape index (κ3) is 5.36. The Balaban J connectivity index is 0.00000361. The van der Waals surface area contributed by atoms with E-state index in [1.165, 1.54) is 23.6 Å². The molecule has 0 aliphatic carbocycles. The molecule has 0 spiro atoms. The van der Waals surface area contributed by atoms with Gasteiger partial charge in [-0.15, -0.1) is 11.8 Å². The molecule has 2 amide bonds. The molecule has 3 heterocycles. The van der Waals surface area contributed by atoms with E-state index in [0.717, 1.165) is 0 Å². The van der Waals surface area contributed by atoms with Crippen molar-refractivity contribution in [1.82, 2.24) is 10.2 Å². The number of hydrogen-bond donors (Lipinski definition) is 3. The van der Waals surface area contributed by atoms with Crippen molar-refractivity contribution in [3.8, 4) is 0 Å². The van der Waals surface area contributed by atoms with Gasteiger partial charge in [0.1, 0.15) is 0 Å². The van der Waals surface area contributed by atoms with Crippen LogP contribution in [0.3, 0.4) is 0 Å². The van der Waals surface area contributed by atoms with Gasteiger partial charge in [0.15, 0.2) is 0 Å². The van der Waals surface area contributed by atoms with E-state index in [-0.39, 0.29) is 58.9 Å². The number of esters is 1. The molecule has 1 aromatic carbocycles. The zero-order valence-corrected chi connectivity index (χ0v) is 23.5. The number of ether oxygens (including phenoxy) is 1. The smallest absolute Gasteiger partial charge is 0.543 e. The van der Waals surface area contributed by atoms with E-state index in [0.29, 0.717) is 29.1 Å². The third-order valence-electron chi connectivity index (χ3n) is 6.64. The van der Waals surface area contributed by atoms with Crippen molar-refractivity contribution < 1.29 is 63.7 Å². The van der Waals surface area contributed by atoms with Gasteiger partial charge >= 0.3 is 35.5 Å². The standard InChI is InChI=1S/C24H29N3O7S.Na/c1-4-34-24(33)13-6-5-7-14(8-13)26-21(29)16-9-15(10-25-16)35-20-11(2)18-17(12(3)28)22(30)27(18)19(20)23(31)32;/h5-8,11-12,15-18,25,28H,4,9-10H2,1-3H3,(H,26,29)(H,31,32);/q;+1/p-1/t11-,12-,15+,16+,17-,18-;/m1./s1. The Morgan fingerprint density at radius 2 is 2.08 bits per heavy atom. The molecule has 3 N–H and O–H groups in total. The van der Waals surface area contributed by atoms with E-state index in [4.69, 9.17) is 4.74 Å². The van der Waals surface area contributed by atoms with E-state index in [9.17, 15) is 29.4 Å². The molecular weight excluding hydrogens is 497 g/mol. The number of anilines is 1. The Morgan fingerprint density at radius 3 is 2.72 bits per heavy atom. The molecule has 1 aromatic rings. The van der Waals surface area contributed by atoms with Gasteiger partial charge in [-0.25, -0.2) is 4.79 Å². The number of carbonyl (C=O) groups excluding carboxylic acids is 4. The second-order valence-electron chi connectivity index (χ2n) is 8.98. The number of nitrogens with zero attached hydrogens (tertiary/aromatic N) is 1. The van der Waals surface area contributed by atoms with E-state index in [1.807, 2.05) is 6.92 Å². The minimum Gasteiger partial charge on any atom is -0.543 e. The molecule has 12 heteroatoms. The van der Waals surface area contributed by atoms with Crippen LogP contribution in [-0.2, 0) is 19.1 Å². The van der Waals surface area contributed by atoms with E-state index >= 15 is 0 Å². The predicted molar refractivity (Wildman–Crippen MR) is 126 cm³/mol. The Labute approximate surface area is 235 Å². The van der Waals surface area contributed by atoms with Crippen molar-refractivity contribution in [2.75, 3.05) is 18.5 Å². The first-order valence-electron chi connectivity index (χ1n) is 11.6. The molecule has 0 radical (unpaired) electrons. The molecule has 0 aromatic heterocycles. The molecule has 4 rings (SSSR count). The van der Waals surface area contributed by atoms with Crippen LogP contribution in [0.5, 0.6) is 0 Å². The number of nitrogens with one attached hydrogen (secondary N) is 2. The maximum absolute atomic E-state index is 12.8. The molecule has 6 atom stereocenters. The first kappa shape index (κ1) is 28.7. The quantitative estimate of drug-likeness (QED) is 0.185. The molecule has 0 saturated carbocycles. The van der Waals surface area contributed by atoms with Crippen molar-refractivity contribution in [1.29, 1.82) is 0 Å². The number of carboxylic acids is 1. The maximum Gasteiger partial charge on any atom is 1.00 e. The molecule has 3 aliphatic heterocycles. The summed E-state index contributed by atoms with van der Waals surface area (Å²) in [6.45, 7) is 5.82. The Hall–Kier alpha value is -1.89. The average molecular weight is 526 g/mol. The van der Waals surface area contributed by atoms with Gasteiger partial charge < -0.3 is 35.3 Å². The summed E-state index contributed by atoms with van der Waals surface area (Å²) in [4.78, 5) is 50.9. The summed E-state index contributed by atoms with van der Waals surface area (Å²) < 4.78 is 4.99. The summed E-state index contributed by atoms with van der Waals surface area (Å²) in [5, 5.41) is 27.7. The summed E-state index contributed by atoms with van der Waals surface area (Å²) in [5.74, 6) is -3.45. The topological polar surface area (TPSA) is 148 Å². The van der Waals surface area contributed by atoms with Crippen LogP contribution in [0.1, 0.15) is 37.6 Å². The number of aliphatic hydroxyl groups is 1. The van der Waals surface area contributed by atoms with Gasteiger partial charge in [0, 0.05) is 28.3 Å². The number of benzene rings is 1. The molecule has 2 fully saturated rings. The number of thioether (sulfide) groups is 1. The minimum atomic E-state index is -1.42. The molecule has 0 unspecified atom stereocenters. The number of fused-ring (bicyclic) bond motifs is 1. The summed E-state index contributed by atoms with van der Waals surface area (Å²) in [6, 6.07) is 5.58. The van der Waals surface area contributed by atoms with Crippen LogP contribution in [0.25, 0.3) is 0 Å². The van der Waals surface area contributed by atoms with Gasteiger partial charge in [0.2, 0.25) is 11.8 Å². The fourth-order valence-corrected chi connectivity index (χ4v) is 6.48. The monoisotopic (exact) mass is 525 g/mol. The number of amides is 2. The van der Waals surface area contributed by atoms with Gasteiger partial charge in [0.25, 0.3) is 0 Å². The number of β-lactam (4-membered cyclic amide) rings is 1. The van der Waals surface area contributed by atoms with Gasteiger partial charge in [-0.3, -0.25) is 9.59 Å². The predicted octanol–water partition coefficient (Wildman–Crippen LogP) is -2.91. The van der Waals surface area contributed by atoms with Crippen LogP contribution in [0.4, 0.5) is 5.69 Å². The molecule has 3 aliphatic rings. The third-order valence-corrected chi connectivity index (χ3v) is 8.16. The zero-order chi connectivity index (χ0) is 25.4.